The topological polar surface area (TPSA) is 13.1 Å². The van der Waals surface area contributed by atoms with Gasteiger partial charge in [-0.3, -0.25) is 0 Å². The fourth-order valence-corrected chi connectivity index (χ4v) is 12.6. The highest BCUT2D eigenvalue weighted by atomic mass is 15.2. The van der Waals surface area contributed by atoms with E-state index in [9.17, 15) is 0 Å². The van der Waals surface area contributed by atoms with E-state index in [0.29, 0.717) is 0 Å². The third-order valence-corrected chi connectivity index (χ3v) is 15.3. The molecule has 0 unspecified atom stereocenters. The fourth-order valence-electron chi connectivity index (χ4n) is 12.6. The van der Waals surface area contributed by atoms with Crippen molar-refractivity contribution in [3.63, 3.8) is 0 Å². The molecule has 70 heavy (non-hydrogen) atoms. The van der Waals surface area contributed by atoms with E-state index in [2.05, 4.69) is 275 Å². The number of rotatable bonds is 6. The molecular weight excluding hydrogens is 847 g/mol. The van der Waals surface area contributed by atoms with Crippen LogP contribution in [-0.2, 0) is 5.41 Å². The first-order valence-corrected chi connectivity index (χ1v) is 24.3. The minimum atomic E-state index is -0.467. The molecule has 2 aliphatic carbocycles. The van der Waals surface area contributed by atoms with Crippen LogP contribution in [0.5, 0.6) is 0 Å². The molecule has 0 aliphatic heterocycles. The summed E-state index contributed by atoms with van der Waals surface area (Å²) < 4.78 is 4.80. The highest BCUT2D eigenvalue weighted by Crippen LogP contribution is 2.65. The summed E-state index contributed by atoms with van der Waals surface area (Å²) in [6.07, 6.45) is 0. The van der Waals surface area contributed by atoms with Crippen LogP contribution in [0.15, 0.2) is 261 Å². The maximum Gasteiger partial charge on any atom is 0.0726 e. The lowest BCUT2D eigenvalue weighted by Gasteiger charge is -2.32. The van der Waals surface area contributed by atoms with Crippen LogP contribution in [0.2, 0.25) is 0 Å². The van der Waals surface area contributed by atoms with Gasteiger partial charge in [0.15, 0.2) is 0 Å². The molecule has 0 saturated heterocycles. The van der Waals surface area contributed by atoms with Gasteiger partial charge in [0.25, 0.3) is 0 Å². The van der Waals surface area contributed by atoms with Crippen LogP contribution >= 0.6 is 0 Å². The Bertz CT molecular complexity index is 4130. The molecule has 0 fully saturated rings. The van der Waals surface area contributed by atoms with Crippen molar-refractivity contribution < 1.29 is 0 Å². The first kappa shape index (κ1) is 38.9. The number of aromatic nitrogens is 2. The number of hydrogen-bond acceptors (Lipinski definition) is 1. The fraction of sp³-hybridized carbons (Fsp3) is 0.0149. The van der Waals surface area contributed by atoms with Crippen LogP contribution in [0.1, 0.15) is 22.3 Å². The Morgan fingerprint density at radius 2 is 0.714 bits per heavy atom. The van der Waals surface area contributed by atoms with E-state index < -0.39 is 5.41 Å². The second kappa shape index (κ2) is 14.9. The third-order valence-electron chi connectivity index (χ3n) is 15.3. The molecule has 0 saturated carbocycles. The molecule has 326 valence electrons. The van der Waals surface area contributed by atoms with Crippen molar-refractivity contribution in [2.45, 2.75) is 5.41 Å². The summed E-state index contributed by atoms with van der Waals surface area (Å²) in [6.45, 7) is 0. The van der Waals surface area contributed by atoms with Crippen LogP contribution in [0.4, 0.5) is 17.1 Å². The largest absolute Gasteiger partial charge is 0.309 e. The van der Waals surface area contributed by atoms with Gasteiger partial charge in [0.05, 0.1) is 38.9 Å². The zero-order valence-corrected chi connectivity index (χ0v) is 38.2. The Morgan fingerprint density at radius 3 is 1.36 bits per heavy atom. The highest BCUT2D eigenvalue weighted by molar-refractivity contribution is 6.17. The Hall–Kier alpha value is -9.18. The van der Waals surface area contributed by atoms with Gasteiger partial charge in [0, 0.05) is 44.2 Å². The van der Waals surface area contributed by atoms with Gasteiger partial charge in [-0.25, -0.2) is 0 Å². The number of anilines is 3. The van der Waals surface area contributed by atoms with Crippen LogP contribution in [0.3, 0.4) is 0 Å². The molecule has 0 atom stereocenters. The first-order valence-electron chi connectivity index (χ1n) is 24.3. The van der Waals surface area contributed by atoms with Gasteiger partial charge in [0.1, 0.15) is 0 Å². The number of fused-ring (bicyclic) bond motifs is 16. The van der Waals surface area contributed by atoms with Crippen LogP contribution in [0.25, 0.3) is 88.4 Å². The summed E-state index contributed by atoms with van der Waals surface area (Å²) >= 11 is 0. The molecular formula is C67H43N3. The average molecular weight is 890 g/mol. The van der Waals surface area contributed by atoms with Crippen LogP contribution in [-0.4, -0.2) is 9.13 Å². The van der Waals surface area contributed by atoms with Crippen LogP contribution < -0.4 is 4.90 Å². The number of nitrogens with zero attached hydrogens (tertiary/aromatic N) is 3. The van der Waals surface area contributed by atoms with Crippen molar-refractivity contribution in [3.8, 4) is 44.8 Å². The number of benzene rings is 11. The second-order valence-electron chi connectivity index (χ2n) is 18.7. The number of hydrogen-bond donors (Lipinski definition) is 0. The van der Waals surface area contributed by atoms with Crippen molar-refractivity contribution in [2.24, 2.45) is 0 Å². The summed E-state index contributed by atoms with van der Waals surface area (Å²) in [6, 6.07) is 96.5. The molecule has 15 rings (SSSR count). The lowest BCUT2D eigenvalue weighted by atomic mass is 9.70. The minimum absolute atomic E-state index is 0.467. The smallest absolute Gasteiger partial charge is 0.0726 e. The molecule has 0 bridgehead atoms. The lowest BCUT2D eigenvalue weighted by Crippen LogP contribution is -2.26. The molecule has 3 heteroatoms. The van der Waals surface area contributed by atoms with Gasteiger partial charge in [-0.15, -0.1) is 0 Å². The van der Waals surface area contributed by atoms with Gasteiger partial charge in [-0.05, 0) is 123 Å². The maximum absolute atomic E-state index is 2.54. The summed E-state index contributed by atoms with van der Waals surface area (Å²) in [5, 5.41) is 4.96. The average Bonchev–Trinajstić information content (AvgIpc) is 4.15. The van der Waals surface area contributed by atoms with Crippen molar-refractivity contribution in [2.75, 3.05) is 4.90 Å². The second-order valence-corrected chi connectivity index (χ2v) is 18.7. The summed E-state index contributed by atoms with van der Waals surface area (Å²) in [5.41, 5.74) is 22.8. The molecule has 3 nitrogen and oxygen atoms in total. The van der Waals surface area contributed by atoms with Crippen molar-refractivity contribution in [1.29, 1.82) is 0 Å². The Balaban J connectivity index is 0.948. The van der Waals surface area contributed by atoms with Crippen molar-refractivity contribution in [3.05, 3.63) is 283 Å². The highest BCUT2D eigenvalue weighted by Gasteiger charge is 2.52. The molecule has 13 aromatic rings. The molecule has 11 aromatic carbocycles. The Labute approximate surface area is 406 Å². The van der Waals surface area contributed by atoms with E-state index in [0.717, 1.165) is 39.5 Å². The molecule has 0 radical (unpaired) electrons. The van der Waals surface area contributed by atoms with E-state index in [1.165, 1.54) is 88.2 Å². The van der Waals surface area contributed by atoms with Crippen LogP contribution in [0, 0.1) is 0 Å². The maximum atomic E-state index is 2.54. The quantitative estimate of drug-likeness (QED) is 0.162. The first-order chi connectivity index (χ1) is 34.8. The normalized spacial score (nSPS) is 13.0. The molecule has 1 spiro atoms. The Kier molecular flexibility index (Phi) is 8.28. The predicted octanol–water partition coefficient (Wildman–Crippen LogP) is 17.4. The molecule has 2 aliphatic rings. The van der Waals surface area contributed by atoms with Crippen molar-refractivity contribution in [1.82, 2.24) is 9.13 Å². The van der Waals surface area contributed by atoms with Gasteiger partial charge >= 0.3 is 0 Å². The minimum Gasteiger partial charge on any atom is -0.309 e. The van der Waals surface area contributed by atoms with Gasteiger partial charge < -0.3 is 14.0 Å². The lowest BCUT2D eigenvalue weighted by molar-refractivity contribution is 0.794. The van der Waals surface area contributed by atoms with Gasteiger partial charge in [0.2, 0.25) is 0 Å². The van der Waals surface area contributed by atoms with Gasteiger partial charge in [-0.1, -0.05) is 188 Å². The zero-order valence-electron chi connectivity index (χ0n) is 38.2. The van der Waals surface area contributed by atoms with Crippen molar-refractivity contribution >= 4 is 60.7 Å². The Morgan fingerprint density at radius 1 is 0.286 bits per heavy atom. The predicted molar refractivity (Wildman–Crippen MR) is 292 cm³/mol. The van der Waals surface area contributed by atoms with E-state index in [1.807, 2.05) is 0 Å². The van der Waals surface area contributed by atoms with E-state index in [4.69, 9.17) is 0 Å². The van der Waals surface area contributed by atoms with E-state index in [-0.39, 0.29) is 0 Å². The molecule has 0 N–H and O–H groups in total. The monoisotopic (exact) mass is 889 g/mol. The van der Waals surface area contributed by atoms with Gasteiger partial charge in [-0.2, -0.15) is 0 Å². The van der Waals surface area contributed by atoms with E-state index in [1.54, 1.807) is 0 Å². The molecule has 2 aromatic heterocycles. The standard InChI is InChI=1S/C67H43N3/c1-2-18-46(19-3-1)69-61-32-15-9-25-54(61)66-63(69)34-17-35-64(66)70(48-42-38-45(39-43-48)44-36-40-47(41-37-44)68-59-30-13-7-22-51(59)52-23-8-14-31-60(52)68)62-33-16-29-58-65(62)53-24-6-12-28-57(53)67(58)55-26-10-4-20-49(55)50-21-5-11-27-56(50)67/h1-43H. The number of para-hydroxylation sites is 4. The van der Waals surface area contributed by atoms with E-state index >= 15 is 0 Å². The molecule has 2 heterocycles. The zero-order chi connectivity index (χ0) is 45.9. The third kappa shape index (κ3) is 5.29. The molecule has 0 amide bonds. The summed E-state index contributed by atoms with van der Waals surface area (Å²) in [5.74, 6) is 0. The summed E-state index contributed by atoms with van der Waals surface area (Å²) in [7, 11) is 0. The SMILES string of the molecule is c1ccc(-n2c3ccccc3c3c(N(c4ccc(-c5ccc(-n6c7ccccc7c7ccccc76)cc5)cc4)c4cccc5c4-c4ccccc4C54c5ccccc5-c5ccccc54)cccc32)cc1. The summed E-state index contributed by atoms with van der Waals surface area (Å²) in [4.78, 5) is 2.54.